The van der Waals surface area contributed by atoms with Crippen molar-refractivity contribution >= 4 is 43.2 Å². The summed E-state index contributed by atoms with van der Waals surface area (Å²) in [4.78, 5) is 0. The summed E-state index contributed by atoms with van der Waals surface area (Å²) in [7, 11) is 0. The van der Waals surface area contributed by atoms with E-state index >= 15 is 0 Å². The molecule has 0 aliphatic carbocycles. The fourth-order valence-electron chi connectivity index (χ4n) is 1.84. The number of ether oxygens (including phenoxy) is 2. The standard InChI is InChI=1S/C17H12Br2O2S/c18-16-12(11-22-17(16)19)10-20-13-6-8-15(9-7-13)21-14-4-2-1-3-5-14/h1-9,11H,10H2. The molecule has 0 saturated carbocycles. The lowest BCUT2D eigenvalue weighted by Crippen LogP contribution is -1.94. The summed E-state index contributed by atoms with van der Waals surface area (Å²) in [6, 6.07) is 17.3. The van der Waals surface area contributed by atoms with Crippen molar-refractivity contribution < 1.29 is 9.47 Å². The van der Waals surface area contributed by atoms with Gasteiger partial charge < -0.3 is 9.47 Å². The van der Waals surface area contributed by atoms with Crippen molar-refractivity contribution in [3.05, 3.63) is 73.8 Å². The highest BCUT2D eigenvalue weighted by atomic mass is 79.9. The summed E-state index contributed by atoms with van der Waals surface area (Å²) >= 11 is 8.66. The second-order valence-electron chi connectivity index (χ2n) is 4.52. The van der Waals surface area contributed by atoms with E-state index in [-0.39, 0.29) is 0 Å². The van der Waals surface area contributed by atoms with Crippen molar-refractivity contribution in [3.8, 4) is 17.2 Å². The highest BCUT2D eigenvalue weighted by molar-refractivity contribution is 9.13. The van der Waals surface area contributed by atoms with Gasteiger partial charge in [0.05, 0.1) is 3.79 Å². The lowest BCUT2D eigenvalue weighted by Gasteiger charge is -2.08. The minimum Gasteiger partial charge on any atom is -0.489 e. The average Bonchev–Trinajstić information content (AvgIpc) is 2.87. The van der Waals surface area contributed by atoms with E-state index in [0.717, 1.165) is 31.1 Å². The molecular formula is C17H12Br2O2S. The second-order valence-corrected chi connectivity index (χ2v) is 7.51. The van der Waals surface area contributed by atoms with E-state index in [1.165, 1.54) is 0 Å². The predicted molar refractivity (Wildman–Crippen MR) is 97.0 cm³/mol. The normalized spacial score (nSPS) is 10.5. The Morgan fingerprint density at radius 1 is 0.818 bits per heavy atom. The largest absolute Gasteiger partial charge is 0.489 e. The van der Waals surface area contributed by atoms with Crippen LogP contribution in [-0.4, -0.2) is 0 Å². The van der Waals surface area contributed by atoms with Gasteiger partial charge in [-0.1, -0.05) is 18.2 Å². The molecule has 1 heterocycles. The predicted octanol–water partition coefficient (Wildman–Crippen LogP) is 6.64. The van der Waals surface area contributed by atoms with Crippen LogP contribution in [0, 0.1) is 0 Å². The van der Waals surface area contributed by atoms with Gasteiger partial charge in [-0.3, -0.25) is 0 Å². The SMILES string of the molecule is Brc1scc(COc2ccc(Oc3ccccc3)cc2)c1Br. The Balaban J connectivity index is 1.61. The number of halogens is 2. The van der Waals surface area contributed by atoms with Crippen LogP contribution in [0.5, 0.6) is 17.2 Å². The molecule has 5 heteroatoms. The number of rotatable bonds is 5. The van der Waals surface area contributed by atoms with Gasteiger partial charge in [0.15, 0.2) is 0 Å². The van der Waals surface area contributed by atoms with Gasteiger partial charge in [0.1, 0.15) is 23.9 Å². The zero-order valence-electron chi connectivity index (χ0n) is 11.5. The highest BCUT2D eigenvalue weighted by Crippen LogP contribution is 2.34. The van der Waals surface area contributed by atoms with E-state index in [2.05, 4.69) is 37.2 Å². The topological polar surface area (TPSA) is 18.5 Å². The second kappa shape index (κ2) is 7.31. The van der Waals surface area contributed by atoms with Gasteiger partial charge in [-0.15, -0.1) is 11.3 Å². The zero-order chi connectivity index (χ0) is 15.4. The van der Waals surface area contributed by atoms with E-state index in [1.807, 2.05) is 54.6 Å². The number of para-hydroxylation sites is 1. The highest BCUT2D eigenvalue weighted by Gasteiger charge is 2.07. The molecule has 1 aromatic heterocycles. The van der Waals surface area contributed by atoms with Gasteiger partial charge in [-0.2, -0.15) is 0 Å². The van der Waals surface area contributed by atoms with Gasteiger partial charge in [-0.25, -0.2) is 0 Å². The first-order valence-corrected chi connectivity index (χ1v) is 9.06. The van der Waals surface area contributed by atoms with Crippen molar-refractivity contribution in [2.75, 3.05) is 0 Å². The van der Waals surface area contributed by atoms with Crippen LogP contribution in [0.4, 0.5) is 0 Å². The van der Waals surface area contributed by atoms with E-state index in [0.29, 0.717) is 6.61 Å². The van der Waals surface area contributed by atoms with Crippen LogP contribution in [0.2, 0.25) is 0 Å². The van der Waals surface area contributed by atoms with Gasteiger partial charge in [0.2, 0.25) is 0 Å². The van der Waals surface area contributed by atoms with Crippen LogP contribution in [0.3, 0.4) is 0 Å². The molecule has 0 aliphatic heterocycles. The first kappa shape index (κ1) is 15.6. The van der Waals surface area contributed by atoms with E-state index in [4.69, 9.17) is 9.47 Å². The summed E-state index contributed by atoms with van der Waals surface area (Å²) in [5, 5.41) is 2.07. The zero-order valence-corrected chi connectivity index (χ0v) is 15.4. The van der Waals surface area contributed by atoms with Crippen LogP contribution in [-0.2, 0) is 6.61 Å². The van der Waals surface area contributed by atoms with Gasteiger partial charge in [0, 0.05) is 10.0 Å². The van der Waals surface area contributed by atoms with E-state index < -0.39 is 0 Å². The maximum atomic E-state index is 5.79. The van der Waals surface area contributed by atoms with Crippen molar-refractivity contribution in [1.29, 1.82) is 0 Å². The molecule has 0 unspecified atom stereocenters. The third-order valence-electron chi connectivity index (χ3n) is 2.96. The molecular weight excluding hydrogens is 428 g/mol. The molecule has 0 saturated heterocycles. The lowest BCUT2D eigenvalue weighted by atomic mass is 10.3. The first-order chi connectivity index (χ1) is 10.7. The first-order valence-electron chi connectivity index (χ1n) is 6.59. The molecule has 0 spiro atoms. The smallest absolute Gasteiger partial charge is 0.127 e. The van der Waals surface area contributed by atoms with Crippen LogP contribution < -0.4 is 9.47 Å². The fourth-order valence-corrected chi connectivity index (χ4v) is 3.70. The molecule has 0 N–H and O–H groups in total. The average molecular weight is 440 g/mol. The summed E-state index contributed by atoms with van der Waals surface area (Å²) in [5.41, 5.74) is 1.13. The van der Waals surface area contributed by atoms with Gasteiger partial charge in [-0.05, 0) is 73.6 Å². The molecule has 112 valence electrons. The number of thiophene rings is 1. The molecule has 0 amide bonds. The molecule has 3 aromatic rings. The van der Waals surface area contributed by atoms with Crippen molar-refractivity contribution in [2.24, 2.45) is 0 Å². The van der Waals surface area contributed by atoms with Crippen LogP contribution in [0.25, 0.3) is 0 Å². The summed E-state index contributed by atoms with van der Waals surface area (Å²) in [6.45, 7) is 0.529. The maximum Gasteiger partial charge on any atom is 0.127 e. The third-order valence-corrected chi connectivity index (χ3v) is 6.43. The Bertz CT molecular complexity index is 739. The van der Waals surface area contributed by atoms with E-state index in [9.17, 15) is 0 Å². The minimum atomic E-state index is 0.529. The Morgan fingerprint density at radius 2 is 1.45 bits per heavy atom. The lowest BCUT2D eigenvalue weighted by molar-refractivity contribution is 0.305. The Hall–Kier alpha value is -1.30. The Kier molecular flexibility index (Phi) is 5.18. The molecule has 0 aliphatic rings. The molecule has 0 bridgehead atoms. The van der Waals surface area contributed by atoms with E-state index in [1.54, 1.807) is 11.3 Å². The van der Waals surface area contributed by atoms with Crippen LogP contribution in [0.15, 0.2) is 68.2 Å². The molecule has 0 fully saturated rings. The third kappa shape index (κ3) is 3.91. The van der Waals surface area contributed by atoms with Gasteiger partial charge in [0.25, 0.3) is 0 Å². The van der Waals surface area contributed by atoms with Crippen molar-refractivity contribution in [2.45, 2.75) is 6.61 Å². The summed E-state index contributed by atoms with van der Waals surface area (Å²) in [6.07, 6.45) is 0. The summed E-state index contributed by atoms with van der Waals surface area (Å²) in [5.74, 6) is 2.43. The molecule has 2 aromatic carbocycles. The Labute approximate surface area is 150 Å². The van der Waals surface area contributed by atoms with Crippen molar-refractivity contribution in [1.82, 2.24) is 0 Å². The van der Waals surface area contributed by atoms with Crippen LogP contribution in [0.1, 0.15) is 5.56 Å². The van der Waals surface area contributed by atoms with Crippen LogP contribution >= 0.6 is 43.2 Å². The minimum absolute atomic E-state index is 0.529. The molecule has 22 heavy (non-hydrogen) atoms. The summed E-state index contributed by atoms with van der Waals surface area (Å²) < 4.78 is 13.7. The fraction of sp³-hybridized carbons (Fsp3) is 0.0588. The molecule has 0 radical (unpaired) electrons. The maximum absolute atomic E-state index is 5.79. The number of hydrogen-bond acceptors (Lipinski definition) is 3. The molecule has 2 nitrogen and oxygen atoms in total. The van der Waals surface area contributed by atoms with Crippen molar-refractivity contribution in [3.63, 3.8) is 0 Å². The number of benzene rings is 2. The number of hydrogen-bond donors (Lipinski definition) is 0. The quantitative estimate of drug-likeness (QED) is 0.443. The Morgan fingerprint density at radius 3 is 2.09 bits per heavy atom. The monoisotopic (exact) mass is 438 g/mol. The molecule has 3 rings (SSSR count). The molecule has 0 atom stereocenters. The van der Waals surface area contributed by atoms with Gasteiger partial charge >= 0.3 is 0 Å².